The number of pyridine rings is 1. The summed E-state index contributed by atoms with van der Waals surface area (Å²) in [6.07, 6.45) is 5.96. The topological polar surface area (TPSA) is 42.0 Å². The van der Waals surface area contributed by atoms with E-state index in [1.54, 1.807) is 12.4 Å². The largest absolute Gasteiger partial charge is 0.317 e. The van der Waals surface area contributed by atoms with Gasteiger partial charge in [0.2, 0.25) is 0 Å². The van der Waals surface area contributed by atoms with Crippen LogP contribution < -0.4 is 5.32 Å². The first-order valence-corrected chi connectivity index (χ1v) is 6.38. The number of carbonyl (C=O) groups is 1. The summed E-state index contributed by atoms with van der Waals surface area (Å²) < 4.78 is 0.933. The van der Waals surface area contributed by atoms with Crippen LogP contribution in [0, 0.1) is 5.92 Å². The fourth-order valence-electron chi connectivity index (χ4n) is 2.04. The van der Waals surface area contributed by atoms with E-state index < -0.39 is 0 Å². The lowest BCUT2D eigenvalue weighted by molar-refractivity contribution is -0.122. The fourth-order valence-corrected chi connectivity index (χ4v) is 2.45. The number of carbonyl (C=O) groups excluding carboxylic acids is 1. The average molecular weight is 283 g/mol. The third-order valence-electron chi connectivity index (χ3n) is 2.93. The molecule has 0 bridgehead atoms. The Morgan fingerprint density at radius 2 is 2.19 bits per heavy atom. The van der Waals surface area contributed by atoms with Crippen molar-refractivity contribution in [3.05, 3.63) is 28.5 Å². The number of aromatic nitrogens is 1. The van der Waals surface area contributed by atoms with E-state index in [4.69, 9.17) is 0 Å². The van der Waals surface area contributed by atoms with Crippen LogP contribution in [0.25, 0.3) is 0 Å². The van der Waals surface area contributed by atoms with Crippen LogP contribution in [-0.2, 0) is 11.2 Å². The molecule has 0 aromatic carbocycles. The highest BCUT2D eigenvalue weighted by Gasteiger charge is 2.20. The molecule has 4 heteroatoms. The highest BCUT2D eigenvalue weighted by atomic mass is 79.9. The van der Waals surface area contributed by atoms with Crippen LogP contribution in [-0.4, -0.2) is 23.9 Å². The first kappa shape index (κ1) is 11.7. The van der Waals surface area contributed by atoms with Crippen molar-refractivity contribution in [2.24, 2.45) is 5.92 Å². The maximum Gasteiger partial charge on any atom is 0.140 e. The molecule has 1 saturated heterocycles. The van der Waals surface area contributed by atoms with Crippen molar-refractivity contribution in [1.29, 1.82) is 0 Å². The molecule has 2 heterocycles. The molecular formula is C12H15BrN2O. The summed E-state index contributed by atoms with van der Waals surface area (Å²) in [5.41, 5.74) is 0.998. The highest BCUT2D eigenvalue weighted by molar-refractivity contribution is 9.10. The second-order valence-corrected chi connectivity index (χ2v) is 5.09. The standard InChI is InChI=1S/C12H15BrN2O/c13-11-5-9(7-15-8-11)6-12(16)10-1-3-14-4-2-10/h5,7-8,10,14H,1-4,6H2. The Balaban J connectivity index is 1.96. The third-order valence-corrected chi connectivity index (χ3v) is 3.37. The summed E-state index contributed by atoms with van der Waals surface area (Å²) in [6, 6.07) is 1.96. The van der Waals surface area contributed by atoms with Crippen molar-refractivity contribution in [3.63, 3.8) is 0 Å². The lowest BCUT2D eigenvalue weighted by Gasteiger charge is -2.21. The zero-order chi connectivity index (χ0) is 11.4. The summed E-state index contributed by atoms with van der Waals surface area (Å²) in [4.78, 5) is 16.1. The molecule has 2 rings (SSSR count). The van der Waals surface area contributed by atoms with Crippen molar-refractivity contribution < 1.29 is 4.79 Å². The predicted molar refractivity (Wildman–Crippen MR) is 66.2 cm³/mol. The maximum atomic E-state index is 12.0. The Kier molecular flexibility index (Phi) is 4.07. The molecule has 1 aliphatic heterocycles. The molecule has 86 valence electrons. The van der Waals surface area contributed by atoms with E-state index >= 15 is 0 Å². The molecule has 0 atom stereocenters. The molecule has 0 amide bonds. The fraction of sp³-hybridized carbons (Fsp3) is 0.500. The zero-order valence-electron chi connectivity index (χ0n) is 9.08. The van der Waals surface area contributed by atoms with Gasteiger partial charge in [-0.2, -0.15) is 0 Å². The minimum Gasteiger partial charge on any atom is -0.317 e. The second-order valence-electron chi connectivity index (χ2n) is 4.18. The predicted octanol–water partition coefficient (Wildman–Crippen LogP) is 1.96. The summed E-state index contributed by atoms with van der Waals surface area (Å²) in [6.45, 7) is 1.93. The van der Waals surface area contributed by atoms with Gasteiger partial charge in [0.1, 0.15) is 5.78 Å². The number of nitrogens with one attached hydrogen (secondary N) is 1. The summed E-state index contributed by atoms with van der Waals surface area (Å²) in [7, 11) is 0. The van der Waals surface area contributed by atoms with Crippen molar-refractivity contribution >= 4 is 21.7 Å². The minimum atomic E-state index is 0.236. The number of hydrogen-bond donors (Lipinski definition) is 1. The average Bonchev–Trinajstić information content (AvgIpc) is 2.30. The first-order chi connectivity index (χ1) is 7.75. The van der Waals surface area contributed by atoms with Crippen LogP contribution in [0.2, 0.25) is 0 Å². The number of rotatable bonds is 3. The summed E-state index contributed by atoms with van der Waals surface area (Å²) in [5, 5.41) is 3.27. The number of Topliss-reactive ketones (excluding diaryl/α,β-unsaturated/α-hetero) is 1. The molecule has 0 radical (unpaired) electrons. The molecule has 1 aliphatic rings. The monoisotopic (exact) mass is 282 g/mol. The van der Waals surface area contributed by atoms with E-state index in [9.17, 15) is 4.79 Å². The Labute approximate surface area is 104 Å². The lowest BCUT2D eigenvalue weighted by atomic mass is 9.90. The molecule has 1 fully saturated rings. The maximum absolute atomic E-state index is 12.0. The van der Waals surface area contributed by atoms with Crippen LogP contribution in [0.15, 0.2) is 22.9 Å². The Hall–Kier alpha value is -0.740. The second kappa shape index (κ2) is 5.55. The van der Waals surface area contributed by atoms with Crippen LogP contribution in [0.3, 0.4) is 0 Å². The number of halogens is 1. The smallest absolute Gasteiger partial charge is 0.140 e. The van der Waals surface area contributed by atoms with E-state index in [-0.39, 0.29) is 5.92 Å². The van der Waals surface area contributed by atoms with Gasteiger partial charge in [-0.1, -0.05) is 0 Å². The van der Waals surface area contributed by atoms with E-state index in [2.05, 4.69) is 26.2 Å². The van der Waals surface area contributed by atoms with Gasteiger partial charge in [0.05, 0.1) is 0 Å². The first-order valence-electron chi connectivity index (χ1n) is 5.58. The van der Waals surface area contributed by atoms with Crippen LogP contribution in [0.4, 0.5) is 0 Å². The number of piperidine rings is 1. The van der Waals surface area contributed by atoms with Crippen molar-refractivity contribution in [2.75, 3.05) is 13.1 Å². The Morgan fingerprint density at radius 1 is 1.44 bits per heavy atom. The number of nitrogens with zero attached hydrogens (tertiary/aromatic N) is 1. The van der Waals surface area contributed by atoms with Crippen LogP contribution >= 0.6 is 15.9 Å². The molecule has 0 aliphatic carbocycles. The van der Waals surface area contributed by atoms with Gasteiger partial charge >= 0.3 is 0 Å². The molecule has 1 N–H and O–H groups in total. The van der Waals surface area contributed by atoms with Crippen molar-refractivity contribution in [3.8, 4) is 0 Å². The van der Waals surface area contributed by atoms with Crippen molar-refractivity contribution in [2.45, 2.75) is 19.3 Å². The van der Waals surface area contributed by atoms with Gasteiger partial charge in [-0.05, 0) is 53.5 Å². The normalized spacial score (nSPS) is 17.3. The highest BCUT2D eigenvalue weighted by Crippen LogP contribution is 2.17. The van der Waals surface area contributed by atoms with Gasteiger partial charge in [0.15, 0.2) is 0 Å². The number of hydrogen-bond acceptors (Lipinski definition) is 3. The number of ketones is 1. The van der Waals surface area contributed by atoms with Gasteiger partial charge < -0.3 is 5.32 Å². The lowest BCUT2D eigenvalue weighted by Crippen LogP contribution is -2.32. The SMILES string of the molecule is O=C(Cc1cncc(Br)c1)C1CCNCC1. The molecule has 0 spiro atoms. The molecular weight excluding hydrogens is 268 g/mol. The van der Waals surface area contributed by atoms with E-state index in [0.29, 0.717) is 12.2 Å². The molecule has 0 saturated carbocycles. The molecule has 3 nitrogen and oxygen atoms in total. The van der Waals surface area contributed by atoms with Crippen molar-refractivity contribution in [1.82, 2.24) is 10.3 Å². The van der Waals surface area contributed by atoms with Gasteiger partial charge in [-0.25, -0.2) is 0 Å². The van der Waals surface area contributed by atoms with Gasteiger partial charge in [-0.15, -0.1) is 0 Å². The van der Waals surface area contributed by atoms with Gasteiger partial charge in [0, 0.05) is 29.2 Å². The minimum absolute atomic E-state index is 0.236. The molecule has 16 heavy (non-hydrogen) atoms. The Morgan fingerprint density at radius 3 is 2.88 bits per heavy atom. The van der Waals surface area contributed by atoms with E-state index in [0.717, 1.165) is 36.0 Å². The quantitative estimate of drug-likeness (QED) is 0.922. The molecule has 0 unspecified atom stereocenters. The molecule has 1 aromatic heterocycles. The van der Waals surface area contributed by atoms with Gasteiger partial charge in [0.25, 0.3) is 0 Å². The third kappa shape index (κ3) is 3.12. The summed E-state index contributed by atoms with van der Waals surface area (Å²) >= 11 is 3.36. The Bertz CT molecular complexity index is 375. The van der Waals surface area contributed by atoms with Crippen LogP contribution in [0.1, 0.15) is 18.4 Å². The van der Waals surface area contributed by atoms with E-state index in [1.165, 1.54) is 0 Å². The van der Waals surface area contributed by atoms with Gasteiger partial charge in [-0.3, -0.25) is 9.78 Å². The van der Waals surface area contributed by atoms with E-state index in [1.807, 2.05) is 6.07 Å². The molecule has 1 aromatic rings. The van der Waals surface area contributed by atoms with Crippen LogP contribution in [0.5, 0.6) is 0 Å². The zero-order valence-corrected chi connectivity index (χ0v) is 10.7. The summed E-state index contributed by atoms with van der Waals surface area (Å²) in [5.74, 6) is 0.585.